The summed E-state index contributed by atoms with van der Waals surface area (Å²) in [5.74, 6) is -1.41. The molecule has 0 radical (unpaired) electrons. The first-order valence-electron chi connectivity index (χ1n) is 13.0. The number of rotatable bonds is 14. The lowest BCUT2D eigenvalue weighted by molar-refractivity contribution is -0.183. The van der Waals surface area contributed by atoms with E-state index < -0.39 is 29.4 Å². The van der Waals surface area contributed by atoms with Gasteiger partial charge in [0.05, 0.1) is 6.61 Å². The standard InChI is InChI=1S/C27H45FO5/c1-4-5-18-26(3,28)19-17-23(33-24-16-10-11-20-32-24)27(31,25(29)30)21(2)12-6-7-13-22-14-8-9-15-22/h6-7,17,21-22,24,31H,4-5,8-16,18-20H2,1-3H3,(H,29,30)/b7-6-,23-17+/t21-,24?,26?,27-/m1/s1. The third-order valence-electron chi connectivity index (χ3n) is 7.18. The first-order chi connectivity index (χ1) is 15.7. The van der Waals surface area contributed by atoms with Crippen LogP contribution in [0.3, 0.4) is 0 Å². The van der Waals surface area contributed by atoms with Crippen molar-refractivity contribution in [2.45, 2.75) is 122 Å². The number of carboxylic acid groups (broad SMARTS) is 1. The Hall–Kier alpha value is -1.40. The third-order valence-corrected chi connectivity index (χ3v) is 7.18. The van der Waals surface area contributed by atoms with E-state index in [1.165, 1.54) is 38.7 Å². The molecule has 0 aromatic rings. The van der Waals surface area contributed by atoms with E-state index in [4.69, 9.17) is 9.47 Å². The zero-order valence-electron chi connectivity index (χ0n) is 20.9. The predicted molar refractivity (Wildman–Crippen MR) is 128 cm³/mol. The van der Waals surface area contributed by atoms with Crippen LogP contribution in [0.4, 0.5) is 4.39 Å². The fourth-order valence-electron chi connectivity index (χ4n) is 4.76. The minimum atomic E-state index is -2.25. The molecule has 0 aromatic heterocycles. The second kappa shape index (κ2) is 13.5. The smallest absolute Gasteiger partial charge is 0.344 e. The number of hydrogen-bond donors (Lipinski definition) is 2. The first kappa shape index (κ1) is 27.8. The normalized spacial score (nSPS) is 25.0. The molecule has 1 heterocycles. The van der Waals surface area contributed by atoms with Crippen LogP contribution in [-0.4, -0.2) is 40.3 Å². The van der Waals surface area contributed by atoms with Gasteiger partial charge in [-0.15, -0.1) is 0 Å². The minimum Gasteiger partial charge on any atom is -0.479 e. The maximum absolute atomic E-state index is 15.0. The van der Waals surface area contributed by atoms with Gasteiger partial charge in [-0.2, -0.15) is 0 Å². The molecule has 33 heavy (non-hydrogen) atoms. The molecule has 0 amide bonds. The number of halogens is 1. The molecule has 190 valence electrons. The van der Waals surface area contributed by atoms with Gasteiger partial charge in [-0.25, -0.2) is 9.18 Å². The molecule has 4 atom stereocenters. The van der Waals surface area contributed by atoms with Crippen molar-refractivity contribution in [1.82, 2.24) is 0 Å². The van der Waals surface area contributed by atoms with Gasteiger partial charge in [-0.3, -0.25) is 0 Å². The van der Waals surface area contributed by atoms with Crippen LogP contribution in [-0.2, 0) is 14.3 Å². The van der Waals surface area contributed by atoms with Crippen LogP contribution in [0.25, 0.3) is 0 Å². The highest BCUT2D eigenvalue weighted by atomic mass is 19.1. The van der Waals surface area contributed by atoms with Crippen molar-refractivity contribution in [2.24, 2.45) is 11.8 Å². The van der Waals surface area contributed by atoms with E-state index in [0.717, 1.165) is 32.1 Å². The molecule has 2 N–H and O–H groups in total. The largest absolute Gasteiger partial charge is 0.479 e. The van der Waals surface area contributed by atoms with Crippen molar-refractivity contribution in [1.29, 1.82) is 0 Å². The molecular weight excluding hydrogens is 423 g/mol. The predicted octanol–water partition coefficient (Wildman–Crippen LogP) is 6.70. The van der Waals surface area contributed by atoms with Crippen LogP contribution in [0.2, 0.25) is 0 Å². The summed E-state index contributed by atoms with van der Waals surface area (Å²) < 4.78 is 26.6. The number of carbonyl (C=O) groups is 1. The van der Waals surface area contributed by atoms with Crippen LogP contribution in [0, 0.1) is 11.8 Å². The van der Waals surface area contributed by atoms with Crippen molar-refractivity contribution in [2.75, 3.05) is 6.61 Å². The fourth-order valence-corrected chi connectivity index (χ4v) is 4.76. The van der Waals surface area contributed by atoms with Gasteiger partial charge in [0.25, 0.3) is 0 Å². The van der Waals surface area contributed by atoms with Gasteiger partial charge in [0.15, 0.2) is 6.29 Å². The summed E-state index contributed by atoms with van der Waals surface area (Å²) in [5.41, 5.74) is -3.75. The average Bonchev–Trinajstić information content (AvgIpc) is 3.31. The number of aliphatic hydroxyl groups is 1. The summed E-state index contributed by atoms with van der Waals surface area (Å²) in [6.07, 6.45) is 15.8. The Bertz CT molecular complexity index is 647. The molecule has 6 heteroatoms. The molecule has 2 fully saturated rings. The zero-order valence-corrected chi connectivity index (χ0v) is 20.9. The second-order valence-corrected chi connectivity index (χ2v) is 10.3. The fraction of sp³-hybridized carbons (Fsp3) is 0.815. The molecule has 5 nitrogen and oxygen atoms in total. The Balaban J connectivity index is 2.17. The summed E-state index contributed by atoms with van der Waals surface area (Å²) in [6, 6.07) is 0. The number of ether oxygens (including phenoxy) is 2. The summed E-state index contributed by atoms with van der Waals surface area (Å²) >= 11 is 0. The van der Waals surface area contributed by atoms with Crippen molar-refractivity contribution < 1.29 is 28.9 Å². The van der Waals surface area contributed by atoms with Crippen molar-refractivity contribution in [3.05, 3.63) is 24.0 Å². The molecule has 1 saturated carbocycles. The van der Waals surface area contributed by atoms with Crippen molar-refractivity contribution in [3.63, 3.8) is 0 Å². The molecular formula is C27H45FO5. The van der Waals surface area contributed by atoms with E-state index in [1.54, 1.807) is 6.92 Å². The molecule has 0 spiro atoms. The lowest BCUT2D eigenvalue weighted by Crippen LogP contribution is -2.48. The molecule has 1 saturated heterocycles. The number of carboxylic acids is 1. The Morgan fingerprint density at radius 2 is 1.91 bits per heavy atom. The molecule has 1 aliphatic carbocycles. The third kappa shape index (κ3) is 8.71. The second-order valence-electron chi connectivity index (χ2n) is 10.3. The Labute approximate surface area is 199 Å². The maximum atomic E-state index is 15.0. The molecule has 0 bridgehead atoms. The lowest BCUT2D eigenvalue weighted by Gasteiger charge is -2.35. The average molecular weight is 469 g/mol. The van der Waals surface area contributed by atoms with Crippen LogP contribution in [0.1, 0.15) is 104 Å². The highest BCUT2D eigenvalue weighted by molar-refractivity contribution is 5.81. The molecule has 1 aliphatic heterocycles. The molecule has 2 aliphatic rings. The highest BCUT2D eigenvalue weighted by Gasteiger charge is 2.47. The van der Waals surface area contributed by atoms with E-state index in [-0.39, 0.29) is 12.2 Å². The Kier molecular flexibility index (Phi) is 11.4. The van der Waals surface area contributed by atoms with Crippen LogP contribution >= 0.6 is 0 Å². The van der Waals surface area contributed by atoms with E-state index in [2.05, 4.69) is 6.08 Å². The van der Waals surface area contributed by atoms with Crippen LogP contribution in [0.15, 0.2) is 24.0 Å². The van der Waals surface area contributed by atoms with E-state index in [9.17, 15) is 15.0 Å². The highest BCUT2D eigenvalue weighted by Crippen LogP contribution is 2.35. The minimum absolute atomic E-state index is 0.0190. The number of aliphatic carboxylic acids is 1. The topological polar surface area (TPSA) is 76.0 Å². The van der Waals surface area contributed by atoms with Crippen molar-refractivity contribution in [3.8, 4) is 0 Å². The van der Waals surface area contributed by atoms with E-state index in [0.29, 0.717) is 31.8 Å². The maximum Gasteiger partial charge on any atom is 0.344 e. The van der Waals surface area contributed by atoms with Crippen LogP contribution in [0.5, 0.6) is 0 Å². The Morgan fingerprint density at radius 1 is 1.21 bits per heavy atom. The summed E-state index contributed by atoms with van der Waals surface area (Å²) in [6.45, 7) is 5.76. The molecule has 0 aromatic carbocycles. The van der Waals surface area contributed by atoms with Gasteiger partial charge >= 0.3 is 5.97 Å². The number of hydrogen-bond acceptors (Lipinski definition) is 4. The number of unbranched alkanes of at least 4 members (excludes halogenated alkanes) is 1. The quantitative estimate of drug-likeness (QED) is 0.219. The Morgan fingerprint density at radius 3 is 2.52 bits per heavy atom. The lowest BCUT2D eigenvalue weighted by atomic mass is 9.83. The summed E-state index contributed by atoms with van der Waals surface area (Å²) in [4.78, 5) is 12.4. The van der Waals surface area contributed by atoms with Gasteiger partial charge in [-0.1, -0.05) is 64.5 Å². The van der Waals surface area contributed by atoms with Gasteiger partial charge in [0, 0.05) is 18.8 Å². The zero-order chi connectivity index (χ0) is 24.3. The van der Waals surface area contributed by atoms with E-state index in [1.807, 2.05) is 13.0 Å². The van der Waals surface area contributed by atoms with Gasteiger partial charge < -0.3 is 19.7 Å². The van der Waals surface area contributed by atoms with Gasteiger partial charge in [0.2, 0.25) is 5.60 Å². The van der Waals surface area contributed by atoms with Crippen LogP contribution < -0.4 is 0 Å². The SMILES string of the molecule is CCCCC(C)(F)C/C=C(/OC1CCCCO1)[C@@](O)(C(=O)O)[C@H](C)C/C=C\CC1CCCC1. The summed E-state index contributed by atoms with van der Waals surface area (Å²) in [5, 5.41) is 21.5. The van der Waals surface area contributed by atoms with Gasteiger partial charge in [0.1, 0.15) is 11.4 Å². The summed E-state index contributed by atoms with van der Waals surface area (Å²) in [7, 11) is 0. The monoisotopic (exact) mass is 468 g/mol. The number of allylic oxidation sites excluding steroid dienone is 3. The molecule has 2 unspecified atom stereocenters. The molecule has 2 rings (SSSR count). The number of alkyl halides is 1. The van der Waals surface area contributed by atoms with E-state index >= 15 is 4.39 Å². The van der Waals surface area contributed by atoms with Gasteiger partial charge in [-0.05, 0) is 51.0 Å². The first-order valence-corrected chi connectivity index (χ1v) is 13.0. The van der Waals surface area contributed by atoms with Crippen molar-refractivity contribution >= 4 is 5.97 Å².